The summed E-state index contributed by atoms with van der Waals surface area (Å²) in [7, 11) is 0. The summed E-state index contributed by atoms with van der Waals surface area (Å²) < 4.78 is 16.7. The van der Waals surface area contributed by atoms with Crippen LogP contribution in [0.4, 0.5) is 0 Å². The van der Waals surface area contributed by atoms with Crippen LogP contribution < -0.4 is 0 Å². The van der Waals surface area contributed by atoms with Gasteiger partial charge in [-0.25, -0.2) is 0 Å². The van der Waals surface area contributed by atoms with E-state index in [0.717, 1.165) is 77.0 Å². The van der Waals surface area contributed by atoms with Crippen LogP contribution in [0.25, 0.3) is 0 Å². The van der Waals surface area contributed by atoms with Gasteiger partial charge in [-0.3, -0.25) is 14.4 Å². The first kappa shape index (κ1) is 56.6. The van der Waals surface area contributed by atoms with Gasteiger partial charge in [0.15, 0.2) is 6.10 Å². The zero-order valence-corrected chi connectivity index (χ0v) is 39.3. The highest BCUT2D eigenvalue weighted by Gasteiger charge is 2.19. The number of esters is 3. The van der Waals surface area contributed by atoms with Gasteiger partial charge in [-0.2, -0.15) is 0 Å². The summed E-state index contributed by atoms with van der Waals surface area (Å²) in [4.78, 5) is 37.7. The molecule has 0 aliphatic carbocycles. The third-order valence-corrected chi connectivity index (χ3v) is 11.1. The molecule has 0 aliphatic rings. The Bertz CT molecular complexity index is 1000. The predicted octanol–water partition coefficient (Wildman–Crippen LogP) is 16.5. The van der Waals surface area contributed by atoms with Crippen molar-refractivity contribution in [1.29, 1.82) is 0 Å². The molecule has 6 nitrogen and oxygen atoms in total. The molecule has 59 heavy (non-hydrogen) atoms. The number of ether oxygens (including phenoxy) is 3. The number of hydrogen-bond acceptors (Lipinski definition) is 6. The molecular weight excluding hydrogens is 733 g/mol. The highest BCUT2D eigenvalue weighted by molar-refractivity contribution is 5.71. The van der Waals surface area contributed by atoms with Crippen LogP contribution in [0.3, 0.4) is 0 Å². The number of carbonyl (C=O) groups excluding carboxylic acids is 3. The van der Waals surface area contributed by atoms with Gasteiger partial charge in [0.2, 0.25) is 0 Å². The summed E-state index contributed by atoms with van der Waals surface area (Å²) in [6.07, 6.45) is 55.8. The maximum Gasteiger partial charge on any atom is 0.306 e. The van der Waals surface area contributed by atoms with Crippen LogP contribution in [0.5, 0.6) is 0 Å². The zero-order valence-electron chi connectivity index (χ0n) is 39.3. The topological polar surface area (TPSA) is 78.9 Å². The lowest BCUT2D eigenvalue weighted by molar-refractivity contribution is -0.167. The second kappa shape index (κ2) is 48.3. The maximum absolute atomic E-state index is 12.7. The van der Waals surface area contributed by atoms with Crippen LogP contribution in [0.15, 0.2) is 36.5 Å². The van der Waals surface area contributed by atoms with E-state index in [1.807, 2.05) is 0 Å². The van der Waals surface area contributed by atoms with Crippen molar-refractivity contribution in [3.63, 3.8) is 0 Å². The van der Waals surface area contributed by atoms with Crippen LogP contribution in [-0.4, -0.2) is 37.2 Å². The third kappa shape index (κ3) is 46.5. The Morgan fingerprint density at radius 1 is 0.339 bits per heavy atom. The van der Waals surface area contributed by atoms with Crippen molar-refractivity contribution in [2.75, 3.05) is 13.2 Å². The first-order valence-electron chi connectivity index (χ1n) is 25.5. The molecule has 0 heterocycles. The predicted molar refractivity (Wildman–Crippen MR) is 252 cm³/mol. The molecule has 0 radical (unpaired) electrons. The first-order valence-corrected chi connectivity index (χ1v) is 25.5. The van der Waals surface area contributed by atoms with Gasteiger partial charge < -0.3 is 14.2 Å². The van der Waals surface area contributed by atoms with Gasteiger partial charge in [0.1, 0.15) is 13.2 Å². The Hall–Kier alpha value is -2.37. The molecule has 6 heteroatoms. The smallest absolute Gasteiger partial charge is 0.306 e. The van der Waals surface area contributed by atoms with Crippen molar-refractivity contribution in [1.82, 2.24) is 0 Å². The fourth-order valence-electron chi connectivity index (χ4n) is 7.22. The SMILES string of the molecule is CCCC/C=C\CCCCCCCC(=O)OC(COC(=O)CCCCCCCCC)COC(=O)CCCCCCCCCCCCC/C=C\C/C=C\CCCCCCC. The Kier molecular flexibility index (Phi) is 46.4. The lowest BCUT2D eigenvalue weighted by Crippen LogP contribution is -2.30. The molecule has 1 atom stereocenters. The summed E-state index contributed by atoms with van der Waals surface area (Å²) in [5.74, 6) is -0.887. The number of allylic oxidation sites excluding steroid dienone is 6. The highest BCUT2D eigenvalue weighted by Crippen LogP contribution is 2.15. The number of unbranched alkanes of at least 4 members (excludes halogenated alkanes) is 29. The van der Waals surface area contributed by atoms with Gasteiger partial charge in [0.25, 0.3) is 0 Å². The van der Waals surface area contributed by atoms with Gasteiger partial charge in [-0.05, 0) is 70.6 Å². The molecular formula is C53H96O6. The van der Waals surface area contributed by atoms with E-state index in [-0.39, 0.29) is 31.1 Å². The monoisotopic (exact) mass is 829 g/mol. The highest BCUT2D eigenvalue weighted by atomic mass is 16.6. The van der Waals surface area contributed by atoms with E-state index < -0.39 is 6.10 Å². The number of hydrogen-bond donors (Lipinski definition) is 0. The van der Waals surface area contributed by atoms with Crippen LogP contribution in [0.1, 0.15) is 265 Å². The molecule has 0 bridgehead atoms. The summed E-state index contributed by atoms with van der Waals surface area (Å²) in [6, 6.07) is 0. The molecule has 0 saturated carbocycles. The van der Waals surface area contributed by atoms with E-state index in [2.05, 4.69) is 57.2 Å². The minimum atomic E-state index is -0.771. The van der Waals surface area contributed by atoms with Crippen LogP contribution >= 0.6 is 0 Å². The molecule has 0 fully saturated rings. The fraction of sp³-hybridized carbons (Fsp3) is 0.830. The Morgan fingerprint density at radius 2 is 0.627 bits per heavy atom. The van der Waals surface area contributed by atoms with Crippen molar-refractivity contribution in [3.05, 3.63) is 36.5 Å². The van der Waals surface area contributed by atoms with Crippen molar-refractivity contribution in [2.45, 2.75) is 271 Å². The van der Waals surface area contributed by atoms with Gasteiger partial charge in [-0.1, -0.05) is 211 Å². The normalized spacial score (nSPS) is 12.3. The van der Waals surface area contributed by atoms with Crippen molar-refractivity contribution in [2.24, 2.45) is 0 Å². The molecule has 0 saturated heterocycles. The van der Waals surface area contributed by atoms with E-state index in [1.165, 1.54) is 148 Å². The van der Waals surface area contributed by atoms with Crippen LogP contribution in [0, 0.1) is 0 Å². The molecule has 1 unspecified atom stereocenters. The second-order valence-electron chi connectivity index (χ2n) is 17.1. The maximum atomic E-state index is 12.7. The minimum absolute atomic E-state index is 0.0745. The molecule has 0 aromatic rings. The lowest BCUT2D eigenvalue weighted by atomic mass is 10.0. The first-order chi connectivity index (χ1) is 29.0. The van der Waals surface area contributed by atoms with Crippen molar-refractivity contribution < 1.29 is 28.6 Å². The second-order valence-corrected chi connectivity index (χ2v) is 17.1. The van der Waals surface area contributed by atoms with Crippen molar-refractivity contribution in [3.8, 4) is 0 Å². The zero-order chi connectivity index (χ0) is 43.0. The molecule has 0 N–H and O–H groups in total. The molecule has 0 rings (SSSR count). The average Bonchev–Trinajstić information content (AvgIpc) is 3.23. The molecule has 0 aromatic heterocycles. The van der Waals surface area contributed by atoms with Gasteiger partial charge in [-0.15, -0.1) is 0 Å². The molecule has 0 spiro atoms. The van der Waals surface area contributed by atoms with Gasteiger partial charge >= 0.3 is 17.9 Å². The standard InChI is InChI=1S/C53H96O6/c1-4-7-10-13-16-18-20-21-22-23-24-25-26-27-28-29-30-31-33-34-37-40-43-46-52(55)58-49-50(48-57-51(54)45-42-39-36-15-12-9-6-3)59-53(56)47-44-41-38-35-32-19-17-14-11-8-5-2/h14,17,20-21,23-24,50H,4-13,15-16,18-19,22,25-49H2,1-3H3/b17-14-,21-20-,24-23-. The summed E-state index contributed by atoms with van der Waals surface area (Å²) in [5, 5.41) is 0. The molecule has 344 valence electrons. The molecule has 0 aromatic carbocycles. The van der Waals surface area contributed by atoms with Crippen LogP contribution in [0.2, 0.25) is 0 Å². The average molecular weight is 829 g/mol. The van der Waals surface area contributed by atoms with Gasteiger partial charge in [0, 0.05) is 19.3 Å². The van der Waals surface area contributed by atoms with Gasteiger partial charge in [0.05, 0.1) is 0 Å². The molecule has 0 aliphatic heterocycles. The van der Waals surface area contributed by atoms with Crippen LogP contribution in [-0.2, 0) is 28.6 Å². The summed E-state index contributed by atoms with van der Waals surface area (Å²) in [5.41, 5.74) is 0. The van der Waals surface area contributed by atoms with Crippen molar-refractivity contribution >= 4 is 17.9 Å². The number of rotatable bonds is 46. The Balaban J connectivity index is 4.14. The van der Waals surface area contributed by atoms with E-state index >= 15 is 0 Å². The Labute approximate surface area is 365 Å². The van der Waals surface area contributed by atoms with E-state index in [4.69, 9.17) is 14.2 Å². The van der Waals surface area contributed by atoms with E-state index in [0.29, 0.717) is 19.3 Å². The largest absolute Gasteiger partial charge is 0.462 e. The lowest BCUT2D eigenvalue weighted by Gasteiger charge is -2.18. The summed E-state index contributed by atoms with van der Waals surface area (Å²) >= 11 is 0. The quantitative estimate of drug-likeness (QED) is 0.0263. The summed E-state index contributed by atoms with van der Waals surface area (Å²) in [6.45, 7) is 6.55. The van der Waals surface area contributed by atoms with E-state index in [1.54, 1.807) is 0 Å². The molecule has 0 amide bonds. The number of carbonyl (C=O) groups is 3. The third-order valence-electron chi connectivity index (χ3n) is 11.1. The Morgan fingerprint density at radius 3 is 1.00 bits per heavy atom. The fourth-order valence-corrected chi connectivity index (χ4v) is 7.22. The van der Waals surface area contributed by atoms with E-state index in [9.17, 15) is 14.4 Å². The minimum Gasteiger partial charge on any atom is -0.462 e.